The Morgan fingerprint density at radius 2 is 1.87 bits per heavy atom. The number of carbonyl (C=O) groups excluding carboxylic acids is 2. The molecule has 0 bridgehead atoms. The number of thioether (sulfide) groups is 1. The monoisotopic (exact) mass is 531 g/mol. The van der Waals surface area contributed by atoms with E-state index in [-0.39, 0.29) is 24.3 Å². The van der Waals surface area contributed by atoms with Crippen molar-refractivity contribution in [2.45, 2.75) is 36.2 Å². The standard InChI is InChI=1S/C28H29N5O4S/c34-23-8-4-7-22-25(23)26(33-27(29-22)30-28(31-33)38-18-19-5-2-1-3-6-19)20-9-11-21(12-10-20)37-17-24(35)32-13-15-36-16-14-32/h1-3,5-6,9-12,26H,4,7-8,13-18H2,(H,29,30,31). The van der Waals surface area contributed by atoms with Crippen molar-refractivity contribution in [1.82, 2.24) is 19.7 Å². The minimum absolute atomic E-state index is 0.0182. The number of Topliss-reactive ketones (excluding diaryl/α,β-unsaturated/α-hetero) is 1. The summed E-state index contributed by atoms with van der Waals surface area (Å²) in [6, 6.07) is 17.4. The van der Waals surface area contributed by atoms with Crippen LogP contribution in [-0.2, 0) is 20.1 Å². The molecule has 1 atom stereocenters. The second-order valence-electron chi connectivity index (χ2n) is 9.48. The second-order valence-corrected chi connectivity index (χ2v) is 10.4. The van der Waals surface area contributed by atoms with E-state index in [4.69, 9.17) is 19.6 Å². The maximum Gasteiger partial charge on any atom is 0.260 e. The Morgan fingerprint density at radius 1 is 1.08 bits per heavy atom. The molecule has 1 saturated heterocycles. The van der Waals surface area contributed by atoms with E-state index in [0.29, 0.717) is 49.6 Å². The van der Waals surface area contributed by atoms with Crippen molar-refractivity contribution in [2.75, 3.05) is 38.2 Å². The number of benzene rings is 2. The van der Waals surface area contributed by atoms with Gasteiger partial charge in [0.25, 0.3) is 5.91 Å². The van der Waals surface area contributed by atoms with Crippen LogP contribution in [0.2, 0.25) is 0 Å². The summed E-state index contributed by atoms with van der Waals surface area (Å²) in [4.78, 5) is 32.0. The summed E-state index contributed by atoms with van der Waals surface area (Å²) in [5.41, 5.74) is 3.81. The van der Waals surface area contributed by atoms with Gasteiger partial charge in [0, 0.05) is 36.5 Å². The number of rotatable bonds is 7. The molecule has 10 heteroatoms. The van der Waals surface area contributed by atoms with Gasteiger partial charge in [-0.15, -0.1) is 5.10 Å². The fourth-order valence-electron chi connectivity index (χ4n) is 5.02. The fraction of sp³-hybridized carbons (Fsp3) is 0.357. The highest BCUT2D eigenvalue weighted by molar-refractivity contribution is 7.98. The Bertz CT molecular complexity index is 1350. The number of fused-ring (bicyclic) bond motifs is 1. The number of ether oxygens (including phenoxy) is 2. The highest BCUT2D eigenvalue weighted by atomic mass is 32.2. The van der Waals surface area contributed by atoms with Crippen LogP contribution in [0.15, 0.2) is 71.0 Å². The number of hydrogen-bond acceptors (Lipinski definition) is 8. The summed E-state index contributed by atoms with van der Waals surface area (Å²) >= 11 is 1.57. The normalized spacial score (nSPS) is 19.0. The zero-order valence-corrected chi connectivity index (χ0v) is 21.8. The maximum atomic E-state index is 13.1. The number of nitrogens with one attached hydrogen (secondary N) is 1. The van der Waals surface area contributed by atoms with Gasteiger partial charge in [0.15, 0.2) is 12.4 Å². The quantitative estimate of drug-likeness (QED) is 0.460. The number of morpholine rings is 1. The summed E-state index contributed by atoms with van der Waals surface area (Å²) in [5, 5.41) is 8.86. The van der Waals surface area contributed by atoms with Crippen LogP contribution >= 0.6 is 11.8 Å². The van der Waals surface area contributed by atoms with E-state index in [2.05, 4.69) is 17.4 Å². The number of anilines is 1. The smallest absolute Gasteiger partial charge is 0.260 e. The minimum atomic E-state index is -0.364. The Labute approximate surface area is 225 Å². The van der Waals surface area contributed by atoms with Gasteiger partial charge in [-0.05, 0) is 36.1 Å². The lowest BCUT2D eigenvalue weighted by Gasteiger charge is -2.32. The van der Waals surface area contributed by atoms with E-state index < -0.39 is 0 Å². The van der Waals surface area contributed by atoms with Crippen molar-refractivity contribution < 1.29 is 19.1 Å². The van der Waals surface area contributed by atoms with Crippen LogP contribution in [0.5, 0.6) is 5.75 Å². The summed E-state index contributed by atoms with van der Waals surface area (Å²) in [7, 11) is 0. The van der Waals surface area contributed by atoms with Gasteiger partial charge in [0.05, 0.1) is 13.2 Å². The van der Waals surface area contributed by atoms with E-state index in [0.717, 1.165) is 35.4 Å². The van der Waals surface area contributed by atoms with Crippen LogP contribution < -0.4 is 10.1 Å². The first kappa shape index (κ1) is 24.7. The molecule has 1 unspecified atom stereocenters. The van der Waals surface area contributed by atoms with Gasteiger partial charge in [0.2, 0.25) is 11.1 Å². The molecule has 1 amide bonds. The first-order valence-corrected chi connectivity index (χ1v) is 13.9. The first-order chi connectivity index (χ1) is 18.7. The number of hydrogen-bond donors (Lipinski definition) is 1. The van der Waals surface area contributed by atoms with E-state index >= 15 is 0 Å². The van der Waals surface area contributed by atoms with Crippen LogP contribution in [0.4, 0.5) is 5.95 Å². The van der Waals surface area contributed by atoms with E-state index in [1.165, 1.54) is 5.56 Å². The number of nitrogens with zero attached hydrogens (tertiary/aromatic N) is 4. The van der Waals surface area contributed by atoms with Crippen molar-refractivity contribution in [2.24, 2.45) is 0 Å². The van der Waals surface area contributed by atoms with Crippen LogP contribution in [-0.4, -0.2) is 64.3 Å². The number of allylic oxidation sites excluding steroid dienone is 2. The van der Waals surface area contributed by atoms with Crippen molar-refractivity contribution in [3.05, 3.63) is 77.0 Å². The highest BCUT2D eigenvalue weighted by Crippen LogP contribution is 2.41. The number of ketones is 1. The second kappa shape index (κ2) is 11.0. The molecule has 0 spiro atoms. The van der Waals surface area contributed by atoms with Crippen molar-refractivity contribution in [1.29, 1.82) is 0 Å². The van der Waals surface area contributed by atoms with Crippen LogP contribution in [0.25, 0.3) is 0 Å². The first-order valence-electron chi connectivity index (χ1n) is 12.9. The van der Waals surface area contributed by atoms with Crippen molar-refractivity contribution in [3.63, 3.8) is 0 Å². The third kappa shape index (κ3) is 5.19. The average molecular weight is 532 g/mol. The largest absolute Gasteiger partial charge is 0.484 e. The molecule has 3 aliphatic rings. The Hall–Kier alpha value is -3.63. The molecule has 1 fully saturated rings. The molecule has 38 heavy (non-hydrogen) atoms. The number of carbonyl (C=O) groups is 2. The molecule has 3 aromatic rings. The summed E-state index contributed by atoms with van der Waals surface area (Å²) in [6.45, 7) is 2.28. The number of amides is 1. The molecule has 0 saturated carbocycles. The van der Waals surface area contributed by atoms with Crippen LogP contribution in [0, 0.1) is 0 Å². The Kier molecular flexibility index (Phi) is 7.15. The number of aromatic nitrogens is 3. The lowest BCUT2D eigenvalue weighted by Crippen LogP contribution is -2.42. The lowest BCUT2D eigenvalue weighted by atomic mass is 9.85. The topological polar surface area (TPSA) is 98.6 Å². The van der Waals surface area contributed by atoms with Crippen molar-refractivity contribution in [3.8, 4) is 5.75 Å². The molecule has 3 heterocycles. The molecule has 0 radical (unpaired) electrons. The molecule has 1 aromatic heterocycles. The molecular formula is C28H29N5O4S. The Balaban J connectivity index is 1.22. The Morgan fingerprint density at radius 3 is 2.66 bits per heavy atom. The summed E-state index contributed by atoms with van der Waals surface area (Å²) in [5.74, 6) is 2.10. The minimum Gasteiger partial charge on any atom is -0.484 e. The van der Waals surface area contributed by atoms with E-state index in [1.54, 1.807) is 16.7 Å². The molecule has 6 rings (SSSR count). The van der Waals surface area contributed by atoms with Gasteiger partial charge in [0.1, 0.15) is 11.8 Å². The zero-order chi connectivity index (χ0) is 25.9. The highest BCUT2D eigenvalue weighted by Gasteiger charge is 2.36. The summed E-state index contributed by atoms with van der Waals surface area (Å²) < 4.78 is 12.9. The molecule has 2 aromatic carbocycles. The van der Waals surface area contributed by atoms with E-state index in [1.807, 2.05) is 47.1 Å². The summed E-state index contributed by atoms with van der Waals surface area (Å²) in [6.07, 6.45) is 2.16. The predicted octanol–water partition coefficient (Wildman–Crippen LogP) is 3.83. The lowest BCUT2D eigenvalue weighted by molar-refractivity contribution is -0.137. The maximum absolute atomic E-state index is 13.1. The fourth-order valence-corrected chi connectivity index (χ4v) is 5.81. The third-order valence-electron chi connectivity index (χ3n) is 6.98. The van der Waals surface area contributed by atoms with Gasteiger partial charge in [-0.2, -0.15) is 4.98 Å². The van der Waals surface area contributed by atoms with Gasteiger partial charge < -0.3 is 19.7 Å². The van der Waals surface area contributed by atoms with Gasteiger partial charge in [-0.3, -0.25) is 9.59 Å². The van der Waals surface area contributed by atoms with Gasteiger partial charge in [-0.25, -0.2) is 4.68 Å². The SMILES string of the molecule is O=C1CCCC2=C1C(c1ccc(OCC(=O)N3CCOCC3)cc1)n1nc(SCc3ccccc3)nc1N2. The van der Waals surface area contributed by atoms with Crippen LogP contribution in [0.1, 0.15) is 36.4 Å². The average Bonchev–Trinajstić information content (AvgIpc) is 3.38. The molecule has 1 N–H and O–H groups in total. The predicted molar refractivity (Wildman–Crippen MR) is 143 cm³/mol. The molecule has 196 valence electrons. The van der Waals surface area contributed by atoms with Gasteiger partial charge in [-0.1, -0.05) is 54.2 Å². The zero-order valence-electron chi connectivity index (χ0n) is 21.0. The third-order valence-corrected chi connectivity index (χ3v) is 7.89. The molecule has 9 nitrogen and oxygen atoms in total. The van der Waals surface area contributed by atoms with Gasteiger partial charge >= 0.3 is 0 Å². The van der Waals surface area contributed by atoms with Crippen molar-refractivity contribution >= 4 is 29.4 Å². The molecular weight excluding hydrogens is 502 g/mol. The van der Waals surface area contributed by atoms with E-state index in [9.17, 15) is 9.59 Å². The molecule has 2 aliphatic heterocycles. The van der Waals surface area contributed by atoms with Crippen LogP contribution in [0.3, 0.4) is 0 Å². The molecule has 1 aliphatic carbocycles.